The molecule has 170 valence electrons. The molecular formula is C29H25NO4. The highest BCUT2D eigenvalue weighted by Crippen LogP contribution is 2.34. The number of rotatable bonds is 7. The van der Waals surface area contributed by atoms with Crippen LogP contribution < -0.4 is 14.9 Å². The van der Waals surface area contributed by atoms with Crippen LogP contribution in [0.4, 0.5) is 0 Å². The zero-order chi connectivity index (χ0) is 24.1. The summed E-state index contributed by atoms with van der Waals surface area (Å²) in [5.74, 6) is 2.04. The molecule has 0 unspecified atom stereocenters. The standard InChI is InChI=1S/C29H25NO4/c1-19(2)18-33-29-22(7-6-10-26(29)32-3)15-16-25-27(21-13-11-20(17-30)12-14-21)28(31)23-8-4-5-9-24(23)34-25/h4-16,19H,18H2,1-3H3. The maximum absolute atomic E-state index is 13.5. The number of para-hydroxylation sites is 2. The van der Waals surface area contributed by atoms with E-state index in [2.05, 4.69) is 19.9 Å². The quantitative estimate of drug-likeness (QED) is 0.319. The van der Waals surface area contributed by atoms with Gasteiger partial charge in [0.2, 0.25) is 5.43 Å². The minimum absolute atomic E-state index is 0.131. The first-order chi connectivity index (χ1) is 16.5. The molecule has 0 N–H and O–H groups in total. The maximum Gasteiger partial charge on any atom is 0.201 e. The molecule has 0 aliphatic heterocycles. The number of benzene rings is 3. The molecule has 5 nitrogen and oxygen atoms in total. The molecule has 0 saturated heterocycles. The predicted octanol–water partition coefficient (Wildman–Crippen LogP) is 6.55. The molecule has 0 aliphatic rings. The van der Waals surface area contributed by atoms with Crippen LogP contribution in [0.1, 0.15) is 30.7 Å². The van der Waals surface area contributed by atoms with E-state index in [4.69, 9.17) is 19.2 Å². The summed E-state index contributed by atoms with van der Waals surface area (Å²) in [6.45, 7) is 4.71. The van der Waals surface area contributed by atoms with E-state index in [9.17, 15) is 4.79 Å². The molecule has 0 amide bonds. The molecule has 0 saturated carbocycles. The molecule has 1 aromatic heterocycles. The molecule has 0 spiro atoms. The van der Waals surface area contributed by atoms with Gasteiger partial charge in [0.15, 0.2) is 11.5 Å². The number of nitriles is 1. The molecule has 0 aliphatic carbocycles. The first-order valence-electron chi connectivity index (χ1n) is 11.1. The van der Waals surface area contributed by atoms with Crippen molar-refractivity contribution < 1.29 is 13.9 Å². The number of fused-ring (bicyclic) bond motifs is 1. The van der Waals surface area contributed by atoms with Gasteiger partial charge in [-0.15, -0.1) is 0 Å². The van der Waals surface area contributed by atoms with Gasteiger partial charge in [-0.25, -0.2) is 0 Å². The average molecular weight is 452 g/mol. The van der Waals surface area contributed by atoms with Crippen molar-refractivity contribution in [2.75, 3.05) is 13.7 Å². The lowest BCUT2D eigenvalue weighted by Gasteiger charge is -2.15. The summed E-state index contributed by atoms with van der Waals surface area (Å²) < 4.78 is 17.7. The molecular weight excluding hydrogens is 426 g/mol. The Kier molecular flexibility index (Phi) is 6.79. The van der Waals surface area contributed by atoms with Crippen molar-refractivity contribution in [2.45, 2.75) is 13.8 Å². The van der Waals surface area contributed by atoms with Gasteiger partial charge in [-0.3, -0.25) is 4.79 Å². The third-order valence-corrected chi connectivity index (χ3v) is 5.33. The molecule has 0 bridgehead atoms. The highest BCUT2D eigenvalue weighted by molar-refractivity contribution is 5.87. The Balaban J connectivity index is 1.87. The van der Waals surface area contributed by atoms with Crippen molar-refractivity contribution in [3.8, 4) is 28.7 Å². The summed E-state index contributed by atoms with van der Waals surface area (Å²) in [5.41, 5.74) is 2.82. The number of ether oxygens (including phenoxy) is 2. The molecule has 1 heterocycles. The Hall–Kier alpha value is -4.30. The zero-order valence-electron chi connectivity index (χ0n) is 19.4. The van der Waals surface area contributed by atoms with Gasteiger partial charge in [-0.05, 0) is 54.0 Å². The second-order valence-electron chi connectivity index (χ2n) is 8.27. The number of hydrogen-bond donors (Lipinski definition) is 0. The molecule has 0 atom stereocenters. The Labute approximate surface area is 198 Å². The van der Waals surface area contributed by atoms with Crippen LogP contribution in [0.25, 0.3) is 34.2 Å². The van der Waals surface area contributed by atoms with Crippen molar-refractivity contribution in [2.24, 2.45) is 5.92 Å². The van der Waals surface area contributed by atoms with Crippen LogP contribution in [0, 0.1) is 17.2 Å². The Morgan fingerprint density at radius 3 is 2.47 bits per heavy atom. The summed E-state index contributed by atoms with van der Waals surface area (Å²) in [6, 6.07) is 21.9. The van der Waals surface area contributed by atoms with Gasteiger partial charge in [0.25, 0.3) is 0 Å². The van der Waals surface area contributed by atoms with Crippen LogP contribution in [0.15, 0.2) is 75.9 Å². The molecule has 3 aromatic carbocycles. The molecule has 0 radical (unpaired) electrons. The van der Waals surface area contributed by atoms with Gasteiger partial charge in [0.05, 0.1) is 36.3 Å². The third-order valence-electron chi connectivity index (χ3n) is 5.33. The smallest absolute Gasteiger partial charge is 0.201 e. The van der Waals surface area contributed by atoms with E-state index < -0.39 is 0 Å². The highest BCUT2D eigenvalue weighted by Gasteiger charge is 2.16. The van der Waals surface area contributed by atoms with Crippen LogP contribution in [0.2, 0.25) is 0 Å². The van der Waals surface area contributed by atoms with Gasteiger partial charge in [-0.1, -0.05) is 50.2 Å². The van der Waals surface area contributed by atoms with Crippen LogP contribution in [-0.2, 0) is 0 Å². The van der Waals surface area contributed by atoms with Gasteiger partial charge < -0.3 is 13.9 Å². The SMILES string of the molecule is COc1cccc(C=Cc2oc3ccccc3c(=O)c2-c2ccc(C#N)cc2)c1OCC(C)C. The minimum atomic E-state index is -0.131. The number of nitrogens with zero attached hydrogens (tertiary/aromatic N) is 1. The largest absolute Gasteiger partial charge is 0.493 e. The number of methoxy groups -OCH3 is 1. The van der Waals surface area contributed by atoms with Gasteiger partial charge in [0.1, 0.15) is 11.3 Å². The van der Waals surface area contributed by atoms with Gasteiger partial charge >= 0.3 is 0 Å². The Morgan fingerprint density at radius 2 is 1.76 bits per heavy atom. The summed E-state index contributed by atoms with van der Waals surface area (Å²) in [7, 11) is 1.61. The van der Waals surface area contributed by atoms with E-state index in [0.29, 0.717) is 57.4 Å². The first kappa shape index (κ1) is 22.9. The van der Waals surface area contributed by atoms with Crippen molar-refractivity contribution in [3.63, 3.8) is 0 Å². The van der Waals surface area contributed by atoms with Crippen LogP contribution in [0.5, 0.6) is 11.5 Å². The zero-order valence-corrected chi connectivity index (χ0v) is 19.4. The summed E-state index contributed by atoms with van der Waals surface area (Å²) in [4.78, 5) is 13.5. The third kappa shape index (κ3) is 4.72. The fourth-order valence-electron chi connectivity index (χ4n) is 3.66. The second-order valence-corrected chi connectivity index (χ2v) is 8.27. The summed E-state index contributed by atoms with van der Waals surface area (Å²) in [5, 5.41) is 9.64. The van der Waals surface area contributed by atoms with Crippen molar-refractivity contribution >= 4 is 23.1 Å². The van der Waals surface area contributed by atoms with E-state index >= 15 is 0 Å². The van der Waals surface area contributed by atoms with E-state index in [1.165, 1.54) is 0 Å². The van der Waals surface area contributed by atoms with Crippen LogP contribution in [-0.4, -0.2) is 13.7 Å². The molecule has 34 heavy (non-hydrogen) atoms. The summed E-state index contributed by atoms with van der Waals surface area (Å²) in [6.07, 6.45) is 3.64. The lowest BCUT2D eigenvalue weighted by molar-refractivity contribution is 0.256. The van der Waals surface area contributed by atoms with E-state index in [0.717, 1.165) is 5.56 Å². The minimum Gasteiger partial charge on any atom is -0.493 e. The highest BCUT2D eigenvalue weighted by atomic mass is 16.5. The van der Waals surface area contributed by atoms with Crippen molar-refractivity contribution in [1.82, 2.24) is 0 Å². The summed E-state index contributed by atoms with van der Waals surface area (Å²) >= 11 is 0. The second kappa shape index (κ2) is 10.1. The number of hydrogen-bond acceptors (Lipinski definition) is 5. The fraction of sp³-hybridized carbons (Fsp3) is 0.172. The molecule has 4 rings (SSSR count). The van der Waals surface area contributed by atoms with Crippen molar-refractivity contribution in [3.05, 3.63) is 93.8 Å². The van der Waals surface area contributed by atoms with Crippen LogP contribution in [0.3, 0.4) is 0 Å². The van der Waals surface area contributed by atoms with E-state index in [-0.39, 0.29) is 5.43 Å². The van der Waals surface area contributed by atoms with Gasteiger partial charge in [0, 0.05) is 5.56 Å². The van der Waals surface area contributed by atoms with E-state index in [1.54, 1.807) is 49.6 Å². The Morgan fingerprint density at radius 1 is 1.00 bits per heavy atom. The monoisotopic (exact) mass is 451 g/mol. The van der Waals surface area contributed by atoms with E-state index in [1.807, 2.05) is 36.4 Å². The molecule has 5 heteroatoms. The lowest BCUT2D eigenvalue weighted by atomic mass is 10.00. The van der Waals surface area contributed by atoms with Gasteiger partial charge in [-0.2, -0.15) is 5.26 Å². The predicted molar refractivity (Wildman–Crippen MR) is 135 cm³/mol. The maximum atomic E-state index is 13.5. The lowest BCUT2D eigenvalue weighted by Crippen LogP contribution is -2.07. The molecule has 4 aromatic rings. The van der Waals surface area contributed by atoms with Crippen LogP contribution >= 0.6 is 0 Å². The topological polar surface area (TPSA) is 72.5 Å². The molecule has 0 fully saturated rings. The normalized spacial score (nSPS) is 11.1. The fourth-order valence-corrected chi connectivity index (χ4v) is 3.66. The Bertz CT molecular complexity index is 1440. The first-order valence-corrected chi connectivity index (χ1v) is 11.1. The van der Waals surface area contributed by atoms with Crippen molar-refractivity contribution in [1.29, 1.82) is 5.26 Å². The average Bonchev–Trinajstić information content (AvgIpc) is 2.86.